The third kappa shape index (κ3) is 2.41. The van der Waals surface area contributed by atoms with Gasteiger partial charge in [0.05, 0.1) is 11.1 Å². The molecule has 2 aromatic heterocycles. The van der Waals surface area contributed by atoms with Crippen molar-refractivity contribution in [1.82, 2.24) is 15.2 Å². The van der Waals surface area contributed by atoms with Crippen molar-refractivity contribution in [3.63, 3.8) is 0 Å². The van der Waals surface area contributed by atoms with Crippen molar-refractivity contribution >= 4 is 11.5 Å². The van der Waals surface area contributed by atoms with E-state index >= 15 is 0 Å². The van der Waals surface area contributed by atoms with Gasteiger partial charge in [0.15, 0.2) is 0 Å². The quantitative estimate of drug-likeness (QED) is 0.615. The summed E-state index contributed by atoms with van der Waals surface area (Å²) in [5.41, 5.74) is 0.400. The van der Waals surface area contributed by atoms with E-state index in [0.29, 0.717) is 12.4 Å². The van der Waals surface area contributed by atoms with E-state index in [1.54, 1.807) is 18.5 Å². The first-order valence-corrected chi connectivity index (χ1v) is 4.98. The molecule has 0 aliphatic rings. The van der Waals surface area contributed by atoms with Crippen LogP contribution in [0.5, 0.6) is 0 Å². The van der Waals surface area contributed by atoms with Gasteiger partial charge in [0.25, 0.3) is 0 Å². The van der Waals surface area contributed by atoms with E-state index in [4.69, 9.17) is 5.26 Å². The average Bonchev–Trinajstić information content (AvgIpc) is 2.88. The van der Waals surface area contributed by atoms with Gasteiger partial charge in [-0.1, -0.05) is 0 Å². The van der Waals surface area contributed by atoms with Gasteiger partial charge in [-0.25, -0.2) is 4.98 Å². The Morgan fingerprint density at radius 2 is 2.39 bits per heavy atom. The number of nitro groups is 1. The summed E-state index contributed by atoms with van der Waals surface area (Å²) in [6.07, 6.45) is 3.35. The number of aromatic amines is 1. The van der Waals surface area contributed by atoms with Crippen molar-refractivity contribution in [1.29, 1.82) is 5.26 Å². The molecule has 2 heterocycles. The van der Waals surface area contributed by atoms with E-state index in [-0.39, 0.29) is 11.4 Å². The molecule has 18 heavy (non-hydrogen) atoms. The van der Waals surface area contributed by atoms with Crippen molar-refractivity contribution in [3.05, 3.63) is 45.9 Å². The summed E-state index contributed by atoms with van der Waals surface area (Å²) < 4.78 is 0. The van der Waals surface area contributed by atoms with Crippen molar-refractivity contribution < 1.29 is 4.92 Å². The predicted octanol–water partition coefficient (Wildman–Crippen LogP) is 1.20. The Morgan fingerprint density at radius 3 is 3.00 bits per heavy atom. The molecule has 0 bridgehead atoms. The zero-order chi connectivity index (χ0) is 13.0. The molecule has 2 aromatic rings. The molecular formula is C10H8N6O2. The summed E-state index contributed by atoms with van der Waals surface area (Å²) in [5, 5.41) is 28.8. The van der Waals surface area contributed by atoms with Gasteiger partial charge >= 0.3 is 5.69 Å². The Bertz CT molecular complexity index is 601. The fourth-order valence-corrected chi connectivity index (χ4v) is 1.35. The number of nitrogens with zero attached hydrogens (tertiary/aromatic N) is 4. The highest BCUT2D eigenvalue weighted by Gasteiger charge is 2.15. The molecule has 0 saturated carbocycles. The van der Waals surface area contributed by atoms with Crippen LogP contribution < -0.4 is 5.32 Å². The summed E-state index contributed by atoms with van der Waals surface area (Å²) in [6, 6.07) is 4.41. The summed E-state index contributed by atoms with van der Waals surface area (Å²) in [7, 11) is 0. The second-order valence-corrected chi connectivity index (χ2v) is 3.39. The van der Waals surface area contributed by atoms with Gasteiger partial charge in [-0.05, 0) is 6.07 Å². The number of anilines is 1. The van der Waals surface area contributed by atoms with Gasteiger partial charge < -0.3 is 5.32 Å². The smallest absolute Gasteiger partial charge is 0.305 e. The number of pyridine rings is 1. The Hall–Kier alpha value is -2.95. The molecule has 0 aliphatic carbocycles. The number of H-pyrrole nitrogens is 1. The first-order chi connectivity index (χ1) is 8.70. The van der Waals surface area contributed by atoms with E-state index in [1.807, 2.05) is 0 Å². The number of aromatic nitrogens is 3. The van der Waals surface area contributed by atoms with E-state index in [1.165, 1.54) is 12.1 Å². The van der Waals surface area contributed by atoms with Gasteiger partial charge in [-0.2, -0.15) is 10.4 Å². The Balaban J connectivity index is 2.15. The summed E-state index contributed by atoms with van der Waals surface area (Å²) in [5.74, 6) is 0.401. The largest absolute Gasteiger partial charge is 0.366 e. The van der Waals surface area contributed by atoms with Crippen LogP contribution in [0.2, 0.25) is 0 Å². The van der Waals surface area contributed by atoms with Crippen LogP contribution >= 0.6 is 0 Å². The van der Waals surface area contributed by atoms with Gasteiger partial charge in [0, 0.05) is 24.4 Å². The number of hydrogen-bond donors (Lipinski definition) is 2. The third-order valence-corrected chi connectivity index (χ3v) is 2.21. The molecular weight excluding hydrogens is 236 g/mol. The maximum absolute atomic E-state index is 10.6. The molecule has 0 radical (unpaired) electrons. The average molecular weight is 244 g/mol. The minimum atomic E-state index is -0.634. The first-order valence-electron chi connectivity index (χ1n) is 4.98. The van der Waals surface area contributed by atoms with Crippen LogP contribution in [0.25, 0.3) is 0 Å². The topological polar surface area (TPSA) is 121 Å². The van der Waals surface area contributed by atoms with Gasteiger partial charge in [-0.15, -0.1) is 0 Å². The monoisotopic (exact) mass is 244 g/mol. The van der Waals surface area contributed by atoms with Crippen LogP contribution in [-0.2, 0) is 6.54 Å². The van der Waals surface area contributed by atoms with Crippen LogP contribution in [0.15, 0.2) is 24.5 Å². The third-order valence-electron chi connectivity index (χ3n) is 2.21. The molecule has 0 aromatic carbocycles. The SMILES string of the molecule is N#Cc1nc(NCc2cn[nH]c2)ccc1[N+](=O)[O-]. The Kier molecular flexibility index (Phi) is 3.15. The lowest BCUT2D eigenvalue weighted by Crippen LogP contribution is -2.03. The molecule has 0 saturated heterocycles. The molecule has 0 spiro atoms. The maximum atomic E-state index is 10.6. The molecule has 90 valence electrons. The van der Waals surface area contributed by atoms with E-state index in [2.05, 4.69) is 20.5 Å². The lowest BCUT2D eigenvalue weighted by atomic mass is 10.3. The molecule has 8 heteroatoms. The normalized spacial score (nSPS) is 9.72. The van der Waals surface area contributed by atoms with Crippen molar-refractivity contribution in [2.45, 2.75) is 6.54 Å². The minimum absolute atomic E-state index is 0.211. The van der Waals surface area contributed by atoms with E-state index in [0.717, 1.165) is 5.56 Å². The number of rotatable bonds is 4. The van der Waals surface area contributed by atoms with Gasteiger partial charge in [-0.3, -0.25) is 15.2 Å². The zero-order valence-electron chi connectivity index (χ0n) is 9.12. The molecule has 2 rings (SSSR count). The fourth-order valence-electron chi connectivity index (χ4n) is 1.35. The molecule has 0 atom stereocenters. The van der Waals surface area contributed by atoms with Crippen LogP contribution in [0.4, 0.5) is 11.5 Å². The second kappa shape index (κ2) is 4.92. The van der Waals surface area contributed by atoms with Crippen LogP contribution in [0.1, 0.15) is 11.3 Å². The minimum Gasteiger partial charge on any atom is -0.366 e. The summed E-state index contributed by atoms with van der Waals surface area (Å²) in [4.78, 5) is 13.9. The maximum Gasteiger partial charge on any atom is 0.305 e. The van der Waals surface area contributed by atoms with Crippen molar-refractivity contribution in [2.75, 3.05) is 5.32 Å². The van der Waals surface area contributed by atoms with Crippen LogP contribution in [0, 0.1) is 21.4 Å². The Labute approximate surface area is 101 Å². The molecule has 0 unspecified atom stereocenters. The zero-order valence-corrected chi connectivity index (χ0v) is 9.12. The highest BCUT2D eigenvalue weighted by Crippen LogP contribution is 2.18. The van der Waals surface area contributed by atoms with Crippen molar-refractivity contribution in [2.24, 2.45) is 0 Å². The van der Waals surface area contributed by atoms with E-state index < -0.39 is 4.92 Å². The van der Waals surface area contributed by atoms with E-state index in [9.17, 15) is 10.1 Å². The van der Waals surface area contributed by atoms with Gasteiger partial charge in [0.2, 0.25) is 5.69 Å². The lowest BCUT2D eigenvalue weighted by molar-refractivity contribution is -0.385. The second-order valence-electron chi connectivity index (χ2n) is 3.39. The number of hydrogen-bond acceptors (Lipinski definition) is 6. The van der Waals surface area contributed by atoms with Crippen LogP contribution in [0.3, 0.4) is 0 Å². The molecule has 0 amide bonds. The molecule has 0 fully saturated rings. The van der Waals surface area contributed by atoms with Crippen LogP contribution in [-0.4, -0.2) is 20.1 Å². The summed E-state index contributed by atoms with van der Waals surface area (Å²) >= 11 is 0. The molecule has 8 nitrogen and oxygen atoms in total. The fraction of sp³-hybridized carbons (Fsp3) is 0.100. The predicted molar refractivity (Wildman–Crippen MR) is 61.5 cm³/mol. The lowest BCUT2D eigenvalue weighted by Gasteiger charge is -2.03. The highest BCUT2D eigenvalue weighted by molar-refractivity contribution is 5.50. The molecule has 0 aliphatic heterocycles. The standard InChI is InChI=1S/C10H8N6O2/c11-3-8-9(16(17)18)1-2-10(15-8)12-4-7-5-13-14-6-7/h1-2,5-6H,4H2,(H,12,15)(H,13,14). The number of nitriles is 1. The highest BCUT2D eigenvalue weighted by atomic mass is 16.6. The van der Waals surface area contributed by atoms with Crippen molar-refractivity contribution in [3.8, 4) is 6.07 Å². The van der Waals surface area contributed by atoms with Gasteiger partial charge in [0.1, 0.15) is 11.9 Å². The molecule has 2 N–H and O–H groups in total. The summed E-state index contributed by atoms with van der Waals surface area (Å²) in [6.45, 7) is 0.464. The first kappa shape index (κ1) is 11.5. The number of nitrogens with one attached hydrogen (secondary N) is 2. The Morgan fingerprint density at radius 1 is 1.56 bits per heavy atom.